The average molecular weight is 336 g/mol. The molecule has 0 aliphatic carbocycles. The summed E-state index contributed by atoms with van der Waals surface area (Å²) in [6, 6.07) is 0. The Hall–Kier alpha value is 0.210. The van der Waals surface area contributed by atoms with Gasteiger partial charge in [0.05, 0.1) is 18.4 Å². The monoisotopic (exact) mass is 335 g/mol. The fourth-order valence-corrected chi connectivity index (χ4v) is 4.02. The van der Waals surface area contributed by atoms with Crippen LogP contribution in [0.3, 0.4) is 0 Å². The molecule has 1 aliphatic heterocycles. The van der Waals surface area contributed by atoms with Crippen LogP contribution in [0.4, 0.5) is 8.78 Å². The molecule has 1 atom stereocenters. The van der Waals surface area contributed by atoms with Crippen LogP contribution in [0, 0.1) is 0 Å². The zero-order valence-corrected chi connectivity index (χ0v) is 11.7. The van der Waals surface area contributed by atoms with Crippen molar-refractivity contribution < 1.29 is 21.9 Å². The maximum Gasteiger partial charge on any atom is 0.252 e. The summed E-state index contributed by atoms with van der Waals surface area (Å²) >= 11 is 3.06. The molecule has 0 saturated carbocycles. The Morgan fingerprint density at radius 3 is 2.65 bits per heavy atom. The topological polar surface area (TPSA) is 46.6 Å². The van der Waals surface area contributed by atoms with E-state index in [1.54, 1.807) is 0 Å². The summed E-state index contributed by atoms with van der Waals surface area (Å²) in [5.74, 6) is -0.202. The van der Waals surface area contributed by atoms with Crippen molar-refractivity contribution in [2.24, 2.45) is 0 Å². The van der Waals surface area contributed by atoms with Gasteiger partial charge in [-0.15, -0.1) is 0 Å². The third kappa shape index (κ3) is 5.15. The maximum absolute atomic E-state index is 12.3. The number of halogens is 3. The summed E-state index contributed by atoms with van der Waals surface area (Å²) < 4.78 is 54.5. The highest BCUT2D eigenvalue weighted by molar-refractivity contribution is 9.09. The van der Waals surface area contributed by atoms with Gasteiger partial charge in [0, 0.05) is 18.5 Å². The zero-order valence-electron chi connectivity index (χ0n) is 9.32. The first-order valence-corrected chi connectivity index (χ1v) is 8.12. The Balaban J connectivity index is 2.62. The van der Waals surface area contributed by atoms with Gasteiger partial charge in [-0.1, -0.05) is 15.9 Å². The number of hydrogen-bond donors (Lipinski definition) is 0. The number of ether oxygens (including phenoxy) is 1. The van der Waals surface area contributed by atoms with Crippen molar-refractivity contribution in [3.05, 3.63) is 0 Å². The van der Waals surface area contributed by atoms with Crippen molar-refractivity contribution in [2.45, 2.75) is 25.4 Å². The molecular formula is C9H16BrF2NO3S. The van der Waals surface area contributed by atoms with Crippen molar-refractivity contribution in [1.29, 1.82) is 0 Å². The number of sulfonamides is 1. The van der Waals surface area contributed by atoms with Gasteiger partial charge >= 0.3 is 0 Å². The molecule has 1 aliphatic rings. The van der Waals surface area contributed by atoms with E-state index < -0.39 is 23.0 Å². The summed E-state index contributed by atoms with van der Waals surface area (Å²) in [7, 11) is -3.66. The lowest BCUT2D eigenvalue weighted by molar-refractivity contribution is 0.115. The summed E-state index contributed by atoms with van der Waals surface area (Å²) in [5, 5.41) is 0.338. The summed E-state index contributed by atoms with van der Waals surface area (Å²) in [6.07, 6.45) is -1.51. The van der Waals surface area contributed by atoms with Gasteiger partial charge in [-0.25, -0.2) is 17.2 Å². The second-order valence-electron chi connectivity index (χ2n) is 3.85. The molecule has 1 unspecified atom stereocenters. The number of alkyl halides is 3. The molecule has 0 aromatic rings. The predicted octanol–water partition coefficient (Wildman–Crippen LogP) is 1.46. The summed E-state index contributed by atoms with van der Waals surface area (Å²) in [4.78, 5) is 0. The van der Waals surface area contributed by atoms with Crippen LogP contribution in [0.15, 0.2) is 0 Å². The maximum atomic E-state index is 12.3. The predicted molar refractivity (Wildman–Crippen MR) is 64.1 cm³/mol. The smallest absolute Gasteiger partial charge is 0.252 e. The molecule has 0 N–H and O–H groups in total. The molecule has 4 nitrogen and oxygen atoms in total. The first-order valence-electron chi connectivity index (χ1n) is 5.39. The second-order valence-corrected chi connectivity index (χ2v) is 6.66. The van der Waals surface area contributed by atoms with Crippen molar-refractivity contribution in [3.63, 3.8) is 0 Å². The molecule has 0 aromatic carbocycles. The molecule has 0 aromatic heterocycles. The Morgan fingerprint density at radius 2 is 2.18 bits per heavy atom. The SMILES string of the molecule is O=S(=O)(CC1CCCO1)N(CCBr)CC(F)F. The molecule has 102 valence electrons. The van der Waals surface area contributed by atoms with E-state index in [4.69, 9.17) is 4.74 Å². The van der Waals surface area contributed by atoms with Crippen molar-refractivity contribution in [1.82, 2.24) is 4.31 Å². The van der Waals surface area contributed by atoms with Crippen molar-refractivity contribution in [2.75, 3.05) is 30.8 Å². The van der Waals surface area contributed by atoms with E-state index in [9.17, 15) is 17.2 Å². The molecule has 1 heterocycles. The quantitative estimate of drug-likeness (QED) is 0.662. The van der Waals surface area contributed by atoms with Crippen LogP contribution in [0.5, 0.6) is 0 Å². The van der Waals surface area contributed by atoms with E-state index in [2.05, 4.69) is 15.9 Å². The Labute approximate surface area is 108 Å². The largest absolute Gasteiger partial charge is 0.377 e. The molecule has 1 rings (SSSR count). The standard InChI is InChI=1S/C9H16BrF2NO3S/c10-3-4-13(6-9(11)12)17(14,15)7-8-2-1-5-16-8/h8-9H,1-7H2. The van der Waals surface area contributed by atoms with Crippen molar-refractivity contribution >= 4 is 26.0 Å². The summed E-state index contributed by atoms with van der Waals surface area (Å²) in [6.45, 7) is -0.145. The van der Waals surface area contributed by atoms with Gasteiger partial charge in [-0.05, 0) is 12.8 Å². The van der Waals surface area contributed by atoms with Gasteiger partial charge in [-0.2, -0.15) is 4.31 Å². The highest BCUT2D eigenvalue weighted by Gasteiger charge is 2.29. The number of hydrogen-bond acceptors (Lipinski definition) is 3. The number of rotatable bonds is 7. The van der Waals surface area contributed by atoms with E-state index in [-0.39, 0.29) is 18.4 Å². The third-order valence-corrected chi connectivity index (χ3v) is 4.76. The normalized spacial score (nSPS) is 21.6. The second kappa shape index (κ2) is 6.96. The first-order chi connectivity index (χ1) is 7.95. The molecule has 0 bridgehead atoms. The molecule has 8 heteroatoms. The van der Waals surface area contributed by atoms with Crippen LogP contribution < -0.4 is 0 Å². The molecule has 0 spiro atoms. The van der Waals surface area contributed by atoms with Crippen LogP contribution in [-0.2, 0) is 14.8 Å². The van der Waals surface area contributed by atoms with E-state index in [0.29, 0.717) is 18.4 Å². The minimum absolute atomic E-state index is 0.0550. The minimum atomic E-state index is -3.66. The van der Waals surface area contributed by atoms with Crippen LogP contribution >= 0.6 is 15.9 Å². The van der Waals surface area contributed by atoms with Gasteiger partial charge in [0.15, 0.2) is 0 Å². The van der Waals surface area contributed by atoms with Crippen LogP contribution in [0.1, 0.15) is 12.8 Å². The fraction of sp³-hybridized carbons (Fsp3) is 1.00. The molecule has 17 heavy (non-hydrogen) atoms. The van der Waals surface area contributed by atoms with Gasteiger partial charge in [0.2, 0.25) is 10.0 Å². The number of nitrogens with zero attached hydrogens (tertiary/aromatic N) is 1. The Bertz CT molecular complexity index is 320. The Morgan fingerprint density at radius 1 is 1.47 bits per heavy atom. The first kappa shape index (κ1) is 15.3. The lowest BCUT2D eigenvalue weighted by Gasteiger charge is -2.22. The average Bonchev–Trinajstić information content (AvgIpc) is 2.68. The third-order valence-electron chi connectivity index (χ3n) is 2.49. The minimum Gasteiger partial charge on any atom is -0.377 e. The van der Waals surface area contributed by atoms with Crippen LogP contribution in [0.2, 0.25) is 0 Å². The van der Waals surface area contributed by atoms with Crippen LogP contribution in [-0.4, -0.2) is 56.0 Å². The van der Waals surface area contributed by atoms with Gasteiger partial charge in [0.25, 0.3) is 6.43 Å². The van der Waals surface area contributed by atoms with Gasteiger partial charge < -0.3 is 4.74 Å². The molecule has 0 amide bonds. The van der Waals surface area contributed by atoms with Gasteiger partial charge in [-0.3, -0.25) is 0 Å². The van der Waals surface area contributed by atoms with Crippen LogP contribution in [0.25, 0.3) is 0 Å². The molecule has 1 saturated heterocycles. The zero-order chi connectivity index (χ0) is 12.9. The lowest BCUT2D eigenvalue weighted by Crippen LogP contribution is -2.40. The van der Waals surface area contributed by atoms with E-state index in [1.165, 1.54) is 0 Å². The fourth-order valence-electron chi connectivity index (χ4n) is 1.71. The van der Waals surface area contributed by atoms with E-state index in [1.807, 2.05) is 0 Å². The molecule has 1 fully saturated rings. The van der Waals surface area contributed by atoms with E-state index in [0.717, 1.165) is 10.7 Å². The van der Waals surface area contributed by atoms with Crippen molar-refractivity contribution in [3.8, 4) is 0 Å². The Kier molecular flexibility index (Phi) is 6.25. The highest BCUT2D eigenvalue weighted by Crippen LogP contribution is 2.17. The molecule has 0 radical (unpaired) electrons. The lowest BCUT2D eigenvalue weighted by atomic mass is 10.3. The molecular weight excluding hydrogens is 320 g/mol. The summed E-state index contributed by atoms with van der Waals surface area (Å²) in [5.41, 5.74) is 0. The highest BCUT2D eigenvalue weighted by atomic mass is 79.9. The van der Waals surface area contributed by atoms with Gasteiger partial charge in [0.1, 0.15) is 0 Å². The van der Waals surface area contributed by atoms with E-state index >= 15 is 0 Å².